The van der Waals surface area contributed by atoms with Crippen LogP contribution in [0.4, 0.5) is 5.82 Å². The first-order valence-corrected chi connectivity index (χ1v) is 9.44. The topological polar surface area (TPSA) is 62.5 Å². The summed E-state index contributed by atoms with van der Waals surface area (Å²) in [4.78, 5) is 13.6. The fourth-order valence-electron chi connectivity index (χ4n) is 4.02. The summed E-state index contributed by atoms with van der Waals surface area (Å²) in [6.07, 6.45) is 10.5. The minimum atomic E-state index is 0.573. The Morgan fingerprint density at radius 2 is 1.85 bits per heavy atom. The van der Waals surface area contributed by atoms with Crippen LogP contribution < -0.4 is 4.90 Å². The summed E-state index contributed by atoms with van der Waals surface area (Å²) in [6, 6.07) is 9.32. The zero-order valence-corrected chi connectivity index (χ0v) is 14.8. The van der Waals surface area contributed by atoms with Crippen LogP contribution in [-0.2, 0) is 6.54 Å². The molecule has 1 saturated carbocycles. The molecule has 0 radical (unpaired) electrons. The number of pyridine rings is 1. The lowest BCUT2D eigenvalue weighted by molar-refractivity contribution is 0.195. The van der Waals surface area contributed by atoms with Crippen molar-refractivity contribution >= 4 is 11.5 Å². The highest BCUT2D eigenvalue weighted by atomic mass is 15.3. The molecule has 0 spiro atoms. The minimum absolute atomic E-state index is 0.573. The number of rotatable bonds is 5. The second-order valence-electron chi connectivity index (χ2n) is 7.26. The van der Waals surface area contributed by atoms with E-state index >= 15 is 0 Å². The molecule has 2 aliphatic rings. The van der Waals surface area contributed by atoms with Crippen molar-refractivity contribution in [1.29, 1.82) is 0 Å². The quantitative estimate of drug-likeness (QED) is 0.703. The zero-order valence-electron chi connectivity index (χ0n) is 14.8. The molecule has 0 atom stereocenters. The Kier molecular flexibility index (Phi) is 4.01. The van der Waals surface area contributed by atoms with Gasteiger partial charge in [-0.3, -0.25) is 9.30 Å². The Balaban J connectivity index is 1.26. The second kappa shape index (κ2) is 6.64. The van der Waals surface area contributed by atoms with Crippen LogP contribution in [0, 0.1) is 0 Å². The highest BCUT2D eigenvalue weighted by Crippen LogP contribution is 2.35. The third kappa shape index (κ3) is 3.03. The molecule has 7 nitrogen and oxygen atoms in total. The van der Waals surface area contributed by atoms with E-state index in [1.165, 1.54) is 12.8 Å². The van der Waals surface area contributed by atoms with E-state index in [4.69, 9.17) is 0 Å². The Bertz CT molecular complexity index is 866. The van der Waals surface area contributed by atoms with E-state index < -0.39 is 0 Å². The number of hydrogen-bond donors (Lipinski definition) is 0. The first kappa shape index (κ1) is 15.7. The Hall–Kier alpha value is -2.54. The van der Waals surface area contributed by atoms with Crippen LogP contribution in [0.1, 0.15) is 31.5 Å². The summed E-state index contributed by atoms with van der Waals surface area (Å²) in [5.74, 6) is 2.11. The lowest BCUT2D eigenvalue weighted by Crippen LogP contribution is -2.46. The van der Waals surface area contributed by atoms with E-state index in [1.807, 2.05) is 36.7 Å². The summed E-state index contributed by atoms with van der Waals surface area (Å²) >= 11 is 0. The number of anilines is 1. The van der Waals surface area contributed by atoms with Gasteiger partial charge in [-0.25, -0.2) is 9.97 Å². The van der Waals surface area contributed by atoms with E-state index in [0.717, 1.165) is 49.8 Å². The van der Waals surface area contributed by atoms with E-state index in [0.29, 0.717) is 12.1 Å². The fraction of sp³-hybridized carbons (Fsp3) is 0.474. The molecule has 5 rings (SSSR count). The second-order valence-corrected chi connectivity index (χ2v) is 7.26. The maximum absolute atomic E-state index is 4.51. The average Bonchev–Trinajstić information content (AvgIpc) is 3.45. The Morgan fingerprint density at radius 3 is 2.62 bits per heavy atom. The summed E-state index contributed by atoms with van der Waals surface area (Å²) in [5.41, 5.74) is 0.918. The van der Waals surface area contributed by atoms with Gasteiger partial charge in [-0.1, -0.05) is 6.07 Å². The van der Waals surface area contributed by atoms with Crippen LogP contribution in [-0.4, -0.2) is 54.6 Å². The van der Waals surface area contributed by atoms with Crippen molar-refractivity contribution in [2.45, 2.75) is 44.3 Å². The number of aromatic nitrogens is 5. The molecular weight excluding hydrogens is 326 g/mol. The third-order valence-corrected chi connectivity index (χ3v) is 5.47. The molecule has 0 N–H and O–H groups in total. The molecule has 4 heterocycles. The van der Waals surface area contributed by atoms with Crippen LogP contribution in [0.5, 0.6) is 0 Å². The monoisotopic (exact) mass is 349 g/mol. The van der Waals surface area contributed by atoms with Crippen LogP contribution >= 0.6 is 0 Å². The number of fused-ring (bicyclic) bond motifs is 1. The number of likely N-dealkylation sites (tertiary alicyclic amines) is 1. The van der Waals surface area contributed by atoms with E-state index in [2.05, 4.69) is 34.4 Å². The molecular formula is C19H23N7. The zero-order chi connectivity index (χ0) is 17.3. The van der Waals surface area contributed by atoms with Gasteiger partial charge in [-0.2, -0.15) is 0 Å². The maximum atomic E-state index is 4.51. The standard InChI is InChI=1S/C19H23N7/c1-2-10-25-18(3-1)22-23-19(25)13-24-11-7-16(8-12-24)26(15-4-5-15)17-6-9-20-14-21-17/h1-3,6,9-10,14-16H,4-5,7-8,11-13H2. The lowest BCUT2D eigenvalue weighted by atomic mass is 10.0. The molecule has 3 aromatic rings. The van der Waals surface area contributed by atoms with Gasteiger partial charge in [0, 0.05) is 37.6 Å². The summed E-state index contributed by atoms with van der Waals surface area (Å²) in [6.45, 7) is 3.02. The molecule has 1 aliphatic heterocycles. The third-order valence-electron chi connectivity index (χ3n) is 5.47. The Labute approximate surface area is 152 Å². The van der Waals surface area contributed by atoms with Crippen molar-refractivity contribution in [3.8, 4) is 0 Å². The van der Waals surface area contributed by atoms with Crippen LogP contribution in [0.2, 0.25) is 0 Å². The average molecular weight is 349 g/mol. The maximum Gasteiger partial charge on any atom is 0.160 e. The van der Waals surface area contributed by atoms with E-state index in [-0.39, 0.29) is 0 Å². The van der Waals surface area contributed by atoms with Crippen LogP contribution in [0.3, 0.4) is 0 Å². The van der Waals surface area contributed by atoms with Crippen molar-refractivity contribution in [1.82, 2.24) is 29.5 Å². The molecule has 1 saturated heterocycles. The fourth-order valence-corrected chi connectivity index (χ4v) is 4.02. The summed E-state index contributed by atoms with van der Waals surface area (Å²) < 4.78 is 2.09. The molecule has 0 aromatic carbocycles. The smallest absolute Gasteiger partial charge is 0.160 e. The van der Waals surface area contributed by atoms with Crippen molar-refractivity contribution in [3.63, 3.8) is 0 Å². The molecule has 26 heavy (non-hydrogen) atoms. The van der Waals surface area contributed by atoms with Crippen molar-refractivity contribution in [2.75, 3.05) is 18.0 Å². The van der Waals surface area contributed by atoms with E-state index in [9.17, 15) is 0 Å². The molecule has 7 heteroatoms. The summed E-state index contributed by atoms with van der Waals surface area (Å²) in [5, 5.41) is 8.64. The van der Waals surface area contributed by atoms with Crippen molar-refractivity contribution < 1.29 is 0 Å². The minimum Gasteiger partial charge on any atom is -0.350 e. The van der Waals surface area contributed by atoms with Crippen molar-refractivity contribution in [3.05, 3.63) is 48.8 Å². The highest BCUT2D eigenvalue weighted by molar-refractivity contribution is 5.42. The number of hydrogen-bond acceptors (Lipinski definition) is 6. The molecule has 3 aromatic heterocycles. The van der Waals surface area contributed by atoms with Gasteiger partial charge in [0.25, 0.3) is 0 Å². The summed E-state index contributed by atoms with van der Waals surface area (Å²) in [7, 11) is 0. The van der Waals surface area contributed by atoms with Gasteiger partial charge in [0.15, 0.2) is 11.5 Å². The number of nitrogens with zero attached hydrogens (tertiary/aromatic N) is 7. The molecule has 134 valence electrons. The first-order chi connectivity index (χ1) is 12.9. The van der Waals surface area contributed by atoms with Crippen LogP contribution in [0.25, 0.3) is 5.65 Å². The predicted molar refractivity (Wildman–Crippen MR) is 98.8 cm³/mol. The highest BCUT2D eigenvalue weighted by Gasteiger charge is 2.36. The molecule has 2 fully saturated rings. The van der Waals surface area contributed by atoms with Gasteiger partial charge in [0.1, 0.15) is 12.1 Å². The lowest BCUT2D eigenvalue weighted by Gasteiger charge is -2.39. The molecule has 0 amide bonds. The van der Waals surface area contributed by atoms with Gasteiger partial charge in [-0.15, -0.1) is 10.2 Å². The Morgan fingerprint density at radius 1 is 1.00 bits per heavy atom. The SMILES string of the molecule is c1ccn2c(CN3CCC(N(c4ccncn4)C4CC4)CC3)nnc2c1. The normalized spacial score (nSPS) is 19.1. The molecule has 0 unspecified atom stereocenters. The van der Waals surface area contributed by atoms with E-state index in [1.54, 1.807) is 6.33 Å². The predicted octanol–water partition coefficient (Wildman–Crippen LogP) is 2.15. The van der Waals surface area contributed by atoms with Gasteiger partial charge in [-0.05, 0) is 43.9 Å². The van der Waals surface area contributed by atoms with Gasteiger partial charge in [0.2, 0.25) is 0 Å². The van der Waals surface area contributed by atoms with Crippen molar-refractivity contribution in [2.24, 2.45) is 0 Å². The molecule has 1 aliphatic carbocycles. The molecule has 0 bridgehead atoms. The largest absolute Gasteiger partial charge is 0.350 e. The van der Waals surface area contributed by atoms with Gasteiger partial charge < -0.3 is 4.90 Å². The number of piperidine rings is 1. The van der Waals surface area contributed by atoms with Gasteiger partial charge >= 0.3 is 0 Å². The first-order valence-electron chi connectivity index (χ1n) is 9.44. The van der Waals surface area contributed by atoms with Gasteiger partial charge in [0.05, 0.1) is 6.54 Å². The van der Waals surface area contributed by atoms with Crippen LogP contribution in [0.15, 0.2) is 43.0 Å².